The summed E-state index contributed by atoms with van der Waals surface area (Å²) in [6, 6.07) is 1.46. The molecule has 1 aromatic heterocycles. The molecular weight excluding hydrogens is 130 g/mol. The maximum Gasteiger partial charge on any atom is 0.168 e. The molecule has 1 unspecified atom stereocenters. The Kier molecular flexibility index (Phi) is 0.964. The lowest BCUT2D eigenvalue weighted by Gasteiger charge is -1.94. The molecule has 1 aromatic rings. The molecule has 3 heteroatoms. The van der Waals surface area contributed by atoms with Crippen molar-refractivity contribution in [2.45, 2.75) is 12.5 Å². The van der Waals surface area contributed by atoms with Crippen LogP contribution >= 0.6 is 0 Å². The van der Waals surface area contributed by atoms with E-state index in [1.807, 2.05) is 0 Å². The molecule has 1 aliphatic carbocycles. The van der Waals surface area contributed by atoms with Gasteiger partial charge in [-0.3, -0.25) is 4.79 Å². The third-order valence-corrected chi connectivity index (χ3v) is 1.74. The zero-order valence-corrected chi connectivity index (χ0v) is 5.33. The van der Waals surface area contributed by atoms with Gasteiger partial charge in [0.2, 0.25) is 0 Å². The van der Waals surface area contributed by atoms with E-state index in [0.29, 0.717) is 17.7 Å². The van der Waals surface area contributed by atoms with Crippen LogP contribution in [0.3, 0.4) is 0 Å². The number of hydrogen-bond donors (Lipinski definition) is 1. The van der Waals surface area contributed by atoms with E-state index in [1.54, 1.807) is 6.07 Å². The summed E-state index contributed by atoms with van der Waals surface area (Å²) in [5.74, 6) is 0.737. The summed E-state index contributed by atoms with van der Waals surface area (Å²) in [5, 5.41) is 0. The first-order valence-electron chi connectivity index (χ1n) is 3.15. The molecule has 0 saturated carbocycles. The minimum atomic E-state index is -0.211. The van der Waals surface area contributed by atoms with Crippen LogP contribution in [0, 0.1) is 0 Å². The van der Waals surface area contributed by atoms with Gasteiger partial charge in [0, 0.05) is 6.42 Å². The summed E-state index contributed by atoms with van der Waals surface area (Å²) in [6.07, 6.45) is 1.90. The predicted molar refractivity (Wildman–Crippen MR) is 34.6 cm³/mol. The Labute approximate surface area is 57.8 Å². The molecule has 10 heavy (non-hydrogen) atoms. The van der Waals surface area contributed by atoms with Gasteiger partial charge >= 0.3 is 0 Å². The largest absolute Gasteiger partial charge is 0.467 e. The zero-order chi connectivity index (χ0) is 7.14. The van der Waals surface area contributed by atoms with Gasteiger partial charge in [-0.2, -0.15) is 0 Å². The van der Waals surface area contributed by atoms with Gasteiger partial charge in [0.25, 0.3) is 0 Å². The number of furan rings is 1. The number of carbonyl (C=O) groups is 1. The fraction of sp³-hybridized carbons (Fsp3) is 0.286. The maximum atomic E-state index is 11.0. The predicted octanol–water partition coefficient (Wildman–Crippen LogP) is 0.866. The number of fused-ring (bicyclic) bond motifs is 1. The molecule has 3 nitrogen and oxygen atoms in total. The maximum absolute atomic E-state index is 11.0. The average molecular weight is 137 g/mol. The van der Waals surface area contributed by atoms with Crippen molar-refractivity contribution >= 4 is 5.78 Å². The van der Waals surface area contributed by atoms with Gasteiger partial charge < -0.3 is 10.2 Å². The fourth-order valence-corrected chi connectivity index (χ4v) is 1.24. The van der Waals surface area contributed by atoms with Crippen LogP contribution in [-0.4, -0.2) is 5.78 Å². The van der Waals surface area contributed by atoms with Crippen molar-refractivity contribution in [3.8, 4) is 0 Å². The van der Waals surface area contributed by atoms with E-state index in [4.69, 9.17) is 10.2 Å². The third-order valence-electron chi connectivity index (χ3n) is 1.74. The van der Waals surface area contributed by atoms with Crippen LogP contribution in [0.5, 0.6) is 0 Å². The summed E-state index contributed by atoms with van der Waals surface area (Å²) in [4.78, 5) is 11.0. The van der Waals surface area contributed by atoms with E-state index in [-0.39, 0.29) is 11.8 Å². The smallest absolute Gasteiger partial charge is 0.168 e. The molecule has 2 rings (SSSR count). The van der Waals surface area contributed by atoms with Crippen molar-refractivity contribution < 1.29 is 9.21 Å². The Morgan fingerprint density at radius 2 is 2.50 bits per heavy atom. The Balaban J connectivity index is 2.58. The molecule has 2 N–H and O–H groups in total. The highest BCUT2D eigenvalue weighted by molar-refractivity contribution is 6.00. The molecule has 1 atom stereocenters. The lowest BCUT2D eigenvalue weighted by atomic mass is 10.2. The molecule has 0 fully saturated rings. The quantitative estimate of drug-likeness (QED) is 0.577. The van der Waals surface area contributed by atoms with E-state index >= 15 is 0 Å². The van der Waals surface area contributed by atoms with Gasteiger partial charge in [0.15, 0.2) is 5.78 Å². The molecule has 52 valence electrons. The van der Waals surface area contributed by atoms with Crippen molar-refractivity contribution in [2.75, 3.05) is 0 Å². The Bertz CT molecular complexity index is 277. The topological polar surface area (TPSA) is 56.2 Å². The van der Waals surface area contributed by atoms with Gasteiger partial charge in [-0.05, 0) is 6.07 Å². The molecular formula is C7H7NO2. The number of carbonyl (C=O) groups excluding carboxylic acids is 1. The van der Waals surface area contributed by atoms with Crippen LogP contribution in [0.4, 0.5) is 0 Å². The number of hydrogen-bond acceptors (Lipinski definition) is 3. The number of ketones is 1. The van der Waals surface area contributed by atoms with E-state index < -0.39 is 0 Å². The van der Waals surface area contributed by atoms with Crippen LogP contribution < -0.4 is 5.73 Å². The number of rotatable bonds is 0. The number of Topliss-reactive ketones (excluding diaryl/α,β-unsaturated/α-hetero) is 1. The molecule has 0 spiro atoms. The standard InChI is InChI=1S/C7H7NO2/c8-5-3-6(9)4-1-2-10-7(4)5/h1-2,5H,3,8H2. The summed E-state index contributed by atoms with van der Waals surface area (Å²) in [7, 11) is 0. The highest BCUT2D eigenvalue weighted by Crippen LogP contribution is 2.29. The second-order valence-electron chi connectivity index (χ2n) is 2.43. The lowest BCUT2D eigenvalue weighted by Crippen LogP contribution is -2.05. The first kappa shape index (κ1) is 5.68. The Morgan fingerprint density at radius 3 is 3.20 bits per heavy atom. The van der Waals surface area contributed by atoms with Crippen molar-refractivity contribution in [3.63, 3.8) is 0 Å². The van der Waals surface area contributed by atoms with Crippen LogP contribution in [0.1, 0.15) is 28.6 Å². The van der Waals surface area contributed by atoms with Crippen molar-refractivity contribution in [1.82, 2.24) is 0 Å². The Hall–Kier alpha value is -1.09. The van der Waals surface area contributed by atoms with Crippen molar-refractivity contribution in [3.05, 3.63) is 23.7 Å². The van der Waals surface area contributed by atoms with E-state index in [2.05, 4.69) is 0 Å². The van der Waals surface area contributed by atoms with Gasteiger partial charge in [-0.25, -0.2) is 0 Å². The van der Waals surface area contributed by atoms with Gasteiger partial charge in [-0.1, -0.05) is 0 Å². The first-order chi connectivity index (χ1) is 4.79. The summed E-state index contributed by atoms with van der Waals surface area (Å²) < 4.78 is 5.01. The molecule has 1 aliphatic rings. The zero-order valence-electron chi connectivity index (χ0n) is 5.33. The molecule has 0 saturated heterocycles. The van der Waals surface area contributed by atoms with Crippen LogP contribution in [0.25, 0.3) is 0 Å². The van der Waals surface area contributed by atoms with E-state index in [9.17, 15) is 4.79 Å². The molecule has 0 aliphatic heterocycles. The van der Waals surface area contributed by atoms with Crippen LogP contribution in [-0.2, 0) is 0 Å². The van der Waals surface area contributed by atoms with Crippen molar-refractivity contribution in [1.29, 1.82) is 0 Å². The minimum absolute atomic E-state index is 0.0938. The molecule has 0 amide bonds. The summed E-state index contributed by atoms with van der Waals surface area (Å²) in [5.41, 5.74) is 6.23. The van der Waals surface area contributed by atoms with Crippen molar-refractivity contribution in [2.24, 2.45) is 5.73 Å². The summed E-state index contributed by atoms with van der Waals surface area (Å²) in [6.45, 7) is 0. The second kappa shape index (κ2) is 1.70. The normalized spacial score (nSPS) is 23.3. The molecule has 0 bridgehead atoms. The second-order valence-corrected chi connectivity index (χ2v) is 2.43. The summed E-state index contributed by atoms with van der Waals surface area (Å²) >= 11 is 0. The third kappa shape index (κ3) is 0.552. The molecule has 1 heterocycles. The minimum Gasteiger partial charge on any atom is -0.467 e. The van der Waals surface area contributed by atoms with Crippen LogP contribution in [0.15, 0.2) is 16.7 Å². The highest BCUT2D eigenvalue weighted by atomic mass is 16.3. The monoisotopic (exact) mass is 137 g/mol. The Morgan fingerprint density at radius 1 is 1.70 bits per heavy atom. The van der Waals surface area contributed by atoms with Gasteiger partial charge in [0.1, 0.15) is 5.76 Å². The van der Waals surface area contributed by atoms with Crippen LogP contribution in [0.2, 0.25) is 0 Å². The van der Waals surface area contributed by atoms with E-state index in [0.717, 1.165) is 0 Å². The molecule has 0 radical (unpaired) electrons. The average Bonchev–Trinajstić information content (AvgIpc) is 2.39. The van der Waals surface area contributed by atoms with Gasteiger partial charge in [-0.15, -0.1) is 0 Å². The first-order valence-corrected chi connectivity index (χ1v) is 3.15. The molecule has 0 aromatic carbocycles. The SMILES string of the molecule is NC1CC(=O)c2ccoc21. The number of nitrogens with two attached hydrogens (primary N) is 1. The fourth-order valence-electron chi connectivity index (χ4n) is 1.24. The van der Waals surface area contributed by atoms with E-state index in [1.165, 1.54) is 6.26 Å². The highest BCUT2D eigenvalue weighted by Gasteiger charge is 2.29. The lowest BCUT2D eigenvalue weighted by molar-refractivity contribution is 0.0989. The van der Waals surface area contributed by atoms with Gasteiger partial charge in [0.05, 0.1) is 17.9 Å².